The Labute approximate surface area is 124 Å². The third-order valence-corrected chi connectivity index (χ3v) is 3.06. The van der Waals surface area contributed by atoms with Gasteiger partial charge in [-0.05, 0) is 36.8 Å². The molecular weight excluding hydrogens is 264 g/mol. The van der Waals surface area contributed by atoms with Gasteiger partial charge in [0.1, 0.15) is 6.07 Å². The van der Waals surface area contributed by atoms with Crippen molar-refractivity contribution < 1.29 is 9.47 Å². The molecule has 21 heavy (non-hydrogen) atoms. The molecular formula is C17H18N2O2. The summed E-state index contributed by atoms with van der Waals surface area (Å²) in [6.07, 6.45) is 0. The first-order chi connectivity index (χ1) is 10.3. The zero-order valence-electron chi connectivity index (χ0n) is 12.2. The normalized spacial score (nSPS) is 9.76. The summed E-state index contributed by atoms with van der Waals surface area (Å²) in [5.41, 5.74) is 2.52. The quantitative estimate of drug-likeness (QED) is 0.880. The van der Waals surface area contributed by atoms with Crippen LogP contribution in [0.5, 0.6) is 11.5 Å². The number of para-hydroxylation sites is 1. The lowest BCUT2D eigenvalue weighted by molar-refractivity contribution is 0.310. The van der Waals surface area contributed by atoms with Crippen LogP contribution in [-0.2, 0) is 6.54 Å². The second kappa shape index (κ2) is 7.20. The Balaban J connectivity index is 2.13. The van der Waals surface area contributed by atoms with Crippen molar-refractivity contribution in [1.29, 1.82) is 5.26 Å². The number of nitrogens with one attached hydrogen (secondary N) is 1. The van der Waals surface area contributed by atoms with Gasteiger partial charge in [0.25, 0.3) is 0 Å². The molecule has 0 atom stereocenters. The molecule has 0 heterocycles. The van der Waals surface area contributed by atoms with Crippen LogP contribution in [0.3, 0.4) is 0 Å². The van der Waals surface area contributed by atoms with Crippen molar-refractivity contribution in [2.45, 2.75) is 13.5 Å². The van der Waals surface area contributed by atoms with E-state index >= 15 is 0 Å². The molecule has 1 N–H and O–H groups in total. The molecule has 0 aromatic heterocycles. The van der Waals surface area contributed by atoms with E-state index in [1.165, 1.54) is 0 Å². The summed E-state index contributed by atoms with van der Waals surface area (Å²) in [6.45, 7) is 3.14. The minimum atomic E-state index is 0.588. The van der Waals surface area contributed by atoms with E-state index in [0.29, 0.717) is 18.7 Å². The third kappa shape index (κ3) is 3.67. The van der Waals surface area contributed by atoms with Crippen molar-refractivity contribution in [3.05, 3.63) is 53.6 Å². The van der Waals surface area contributed by atoms with E-state index in [0.717, 1.165) is 22.7 Å². The SMILES string of the molecule is CCOc1cc(CNc2ccccc2C#N)ccc1OC. The van der Waals surface area contributed by atoms with E-state index in [4.69, 9.17) is 14.7 Å². The highest BCUT2D eigenvalue weighted by Gasteiger charge is 2.06. The maximum atomic E-state index is 9.07. The van der Waals surface area contributed by atoms with Crippen LogP contribution >= 0.6 is 0 Å². The second-order valence-corrected chi connectivity index (χ2v) is 4.43. The van der Waals surface area contributed by atoms with Gasteiger partial charge in [-0.3, -0.25) is 0 Å². The minimum Gasteiger partial charge on any atom is -0.493 e. The summed E-state index contributed by atoms with van der Waals surface area (Å²) in [5.74, 6) is 1.45. The first-order valence-corrected chi connectivity index (χ1v) is 6.81. The van der Waals surface area contributed by atoms with Gasteiger partial charge in [0.05, 0.1) is 25.0 Å². The summed E-state index contributed by atoms with van der Waals surface area (Å²) in [5, 5.41) is 12.3. The molecule has 0 unspecified atom stereocenters. The van der Waals surface area contributed by atoms with Gasteiger partial charge in [-0.1, -0.05) is 18.2 Å². The first kappa shape index (κ1) is 14.7. The van der Waals surface area contributed by atoms with Crippen molar-refractivity contribution in [1.82, 2.24) is 0 Å². The number of rotatable bonds is 6. The van der Waals surface area contributed by atoms with Gasteiger partial charge < -0.3 is 14.8 Å². The molecule has 0 saturated heterocycles. The lowest BCUT2D eigenvalue weighted by Gasteiger charge is -2.12. The highest BCUT2D eigenvalue weighted by atomic mass is 16.5. The van der Waals surface area contributed by atoms with Crippen LogP contribution in [0, 0.1) is 11.3 Å². The van der Waals surface area contributed by atoms with Crippen molar-refractivity contribution in [2.24, 2.45) is 0 Å². The number of anilines is 1. The summed E-state index contributed by atoms with van der Waals surface area (Å²) in [6, 6.07) is 15.4. The molecule has 0 spiro atoms. The molecule has 2 aromatic carbocycles. The van der Waals surface area contributed by atoms with Gasteiger partial charge in [-0.25, -0.2) is 0 Å². The molecule has 0 bridgehead atoms. The Morgan fingerprint density at radius 1 is 1.14 bits per heavy atom. The average Bonchev–Trinajstić information content (AvgIpc) is 2.53. The topological polar surface area (TPSA) is 54.3 Å². The number of ether oxygens (including phenoxy) is 2. The first-order valence-electron chi connectivity index (χ1n) is 6.81. The molecule has 0 aliphatic rings. The zero-order chi connectivity index (χ0) is 15.1. The van der Waals surface area contributed by atoms with Gasteiger partial charge in [0.15, 0.2) is 11.5 Å². The summed E-state index contributed by atoms with van der Waals surface area (Å²) in [4.78, 5) is 0. The fraction of sp³-hybridized carbons (Fsp3) is 0.235. The predicted octanol–water partition coefficient (Wildman–Crippen LogP) is 3.58. The molecule has 0 aliphatic heterocycles. The number of benzene rings is 2. The zero-order valence-corrected chi connectivity index (χ0v) is 12.2. The Kier molecular flexibility index (Phi) is 5.05. The number of hydrogen-bond donors (Lipinski definition) is 1. The molecule has 2 rings (SSSR count). The largest absolute Gasteiger partial charge is 0.493 e. The van der Waals surface area contributed by atoms with Gasteiger partial charge in [0, 0.05) is 6.54 Å². The van der Waals surface area contributed by atoms with E-state index in [1.807, 2.05) is 43.3 Å². The third-order valence-electron chi connectivity index (χ3n) is 3.06. The standard InChI is InChI=1S/C17H18N2O2/c1-3-21-17-10-13(8-9-16(17)20-2)12-19-15-7-5-4-6-14(15)11-18/h4-10,19H,3,12H2,1-2H3. The smallest absolute Gasteiger partial charge is 0.161 e. The molecule has 0 amide bonds. The highest BCUT2D eigenvalue weighted by Crippen LogP contribution is 2.28. The summed E-state index contributed by atoms with van der Waals surface area (Å²) >= 11 is 0. The van der Waals surface area contributed by atoms with E-state index in [9.17, 15) is 0 Å². The van der Waals surface area contributed by atoms with Gasteiger partial charge in [-0.15, -0.1) is 0 Å². The molecule has 108 valence electrons. The van der Waals surface area contributed by atoms with Crippen LogP contribution in [0.2, 0.25) is 0 Å². The number of hydrogen-bond acceptors (Lipinski definition) is 4. The average molecular weight is 282 g/mol. The van der Waals surface area contributed by atoms with Gasteiger partial charge in [0.2, 0.25) is 0 Å². The van der Waals surface area contributed by atoms with Crippen molar-refractivity contribution in [3.8, 4) is 17.6 Å². The summed E-state index contributed by atoms with van der Waals surface area (Å²) in [7, 11) is 1.62. The molecule has 0 radical (unpaired) electrons. The molecule has 0 aliphatic carbocycles. The maximum Gasteiger partial charge on any atom is 0.161 e. The Morgan fingerprint density at radius 2 is 1.95 bits per heavy atom. The van der Waals surface area contributed by atoms with Crippen molar-refractivity contribution >= 4 is 5.69 Å². The fourth-order valence-electron chi connectivity index (χ4n) is 2.03. The van der Waals surface area contributed by atoms with Gasteiger partial charge in [-0.2, -0.15) is 5.26 Å². The van der Waals surface area contributed by atoms with Crippen LogP contribution in [0.15, 0.2) is 42.5 Å². The van der Waals surface area contributed by atoms with Crippen LogP contribution in [-0.4, -0.2) is 13.7 Å². The molecule has 4 nitrogen and oxygen atoms in total. The van der Waals surface area contributed by atoms with E-state index < -0.39 is 0 Å². The van der Waals surface area contributed by atoms with E-state index in [1.54, 1.807) is 13.2 Å². The van der Waals surface area contributed by atoms with E-state index in [2.05, 4.69) is 11.4 Å². The minimum absolute atomic E-state index is 0.588. The summed E-state index contributed by atoms with van der Waals surface area (Å²) < 4.78 is 10.8. The molecule has 0 fully saturated rings. The van der Waals surface area contributed by atoms with Crippen molar-refractivity contribution in [3.63, 3.8) is 0 Å². The van der Waals surface area contributed by atoms with Crippen molar-refractivity contribution in [2.75, 3.05) is 19.0 Å². The maximum absolute atomic E-state index is 9.07. The second-order valence-electron chi connectivity index (χ2n) is 4.43. The lowest BCUT2D eigenvalue weighted by Crippen LogP contribution is -2.02. The number of methoxy groups -OCH3 is 1. The molecule has 4 heteroatoms. The Morgan fingerprint density at radius 3 is 2.67 bits per heavy atom. The molecule has 2 aromatic rings. The van der Waals surface area contributed by atoms with Crippen LogP contribution in [0.4, 0.5) is 5.69 Å². The van der Waals surface area contributed by atoms with Crippen LogP contribution in [0.25, 0.3) is 0 Å². The van der Waals surface area contributed by atoms with Crippen LogP contribution in [0.1, 0.15) is 18.1 Å². The van der Waals surface area contributed by atoms with Crippen LogP contribution < -0.4 is 14.8 Å². The highest BCUT2D eigenvalue weighted by molar-refractivity contribution is 5.57. The number of nitriles is 1. The monoisotopic (exact) mass is 282 g/mol. The Hall–Kier alpha value is -2.67. The molecule has 0 saturated carbocycles. The number of nitrogens with zero attached hydrogens (tertiary/aromatic N) is 1. The fourth-order valence-corrected chi connectivity index (χ4v) is 2.03. The van der Waals surface area contributed by atoms with E-state index in [-0.39, 0.29) is 0 Å². The predicted molar refractivity (Wildman–Crippen MR) is 82.6 cm³/mol. The van der Waals surface area contributed by atoms with Gasteiger partial charge >= 0.3 is 0 Å². The Bertz CT molecular complexity index is 647. The lowest BCUT2D eigenvalue weighted by atomic mass is 10.1.